The maximum Gasteiger partial charge on any atom is 0.256 e. The third-order valence-corrected chi connectivity index (χ3v) is 4.25. The molecule has 2 rings (SSSR count). The second-order valence-electron chi connectivity index (χ2n) is 7.71. The third kappa shape index (κ3) is 6.01. The molecule has 0 unspecified atom stereocenters. The lowest BCUT2D eigenvalue weighted by atomic mass is 9.95. The molecule has 8 heteroatoms. The SMILES string of the molecule is CC(C)(C)NC(=O)CNC(=O)C1CCN(C(=O)c2ccc(F)cc2F)CC1. The van der Waals surface area contributed by atoms with Gasteiger partial charge in [-0.05, 0) is 45.7 Å². The largest absolute Gasteiger partial charge is 0.350 e. The van der Waals surface area contributed by atoms with E-state index < -0.39 is 17.5 Å². The van der Waals surface area contributed by atoms with Gasteiger partial charge >= 0.3 is 0 Å². The lowest BCUT2D eigenvalue weighted by Crippen LogP contribution is -2.48. The lowest BCUT2D eigenvalue weighted by molar-refractivity contribution is -0.130. The summed E-state index contributed by atoms with van der Waals surface area (Å²) in [7, 11) is 0. The Balaban J connectivity index is 1.83. The molecule has 1 fully saturated rings. The molecule has 0 aliphatic carbocycles. The Bertz CT molecular complexity index is 723. The number of benzene rings is 1. The van der Waals surface area contributed by atoms with Gasteiger partial charge in [0.2, 0.25) is 11.8 Å². The summed E-state index contributed by atoms with van der Waals surface area (Å²) in [5.74, 6) is -2.97. The average Bonchev–Trinajstić information content (AvgIpc) is 2.58. The van der Waals surface area contributed by atoms with Gasteiger partial charge in [-0.2, -0.15) is 0 Å². The molecule has 1 heterocycles. The molecule has 148 valence electrons. The van der Waals surface area contributed by atoms with E-state index in [4.69, 9.17) is 0 Å². The van der Waals surface area contributed by atoms with E-state index in [2.05, 4.69) is 10.6 Å². The van der Waals surface area contributed by atoms with Crippen molar-refractivity contribution in [3.8, 4) is 0 Å². The van der Waals surface area contributed by atoms with Gasteiger partial charge in [-0.15, -0.1) is 0 Å². The molecule has 0 bridgehead atoms. The molecule has 3 amide bonds. The number of rotatable bonds is 4. The molecule has 27 heavy (non-hydrogen) atoms. The fourth-order valence-electron chi connectivity index (χ4n) is 2.95. The van der Waals surface area contributed by atoms with Crippen LogP contribution in [0.3, 0.4) is 0 Å². The summed E-state index contributed by atoms with van der Waals surface area (Å²) < 4.78 is 26.7. The topological polar surface area (TPSA) is 78.5 Å². The van der Waals surface area contributed by atoms with Crippen molar-refractivity contribution < 1.29 is 23.2 Å². The minimum Gasteiger partial charge on any atom is -0.350 e. The van der Waals surface area contributed by atoms with E-state index in [1.54, 1.807) is 0 Å². The van der Waals surface area contributed by atoms with Crippen LogP contribution < -0.4 is 10.6 Å². The smallest absolute Gasteiger partial charge is 0.256 e. The molecule has 1 aromatic rings. The monoisotopic (exact) mass is 381 g/mol. The maximum atomic E-state index is 13.8. The van der Waals surface area contributed by atoms with Gasteiger partial charge in [0.05, 0.1) is 12.1 Å². The first-order valence-electron chi connectivity index (χ1n) is 8.90. The number of amides is 3. The Morgan fingerprint density at radius 1 is 1.15 bits per heavy atom. The first-order valence-corrected chi connectivity index (χ1v) is 8.90. The van der Waals surface area contributed by atoms with Gasteiger partial charge in [-0.3, -0.25) is 14.4 Å². The summed E-state index contributed by atoms with van der Waals surface area (Å²) in [6.45, 7) is 6.04. The molecule has 0 radical (unpaired) electrons. The molecular weight excluding hydrogens is 356 g/mol. The number of hydrogen-bond donors (Lipinski definition) is 2. The minimum absolute atomic E-state index is 0.101. The van der Waals surface area contributed by atoms with Gasteiger partial charge in [0.1, 0.15) is 11.6 Å². The van der Waals surface area contributed by atoms with Crippen molar-refractivity contribution in [2.45, 2.75) is 39.2 Å². The van der Waals surface area contributed by atoms with Gasteiger partial charge in [-0.1, -0.05) is 0 Å². The summed E-state index contributed by atoms with van der Waals surface area (Å²) in [5, 5.41) is 5.37. The molecule has 0 atom stereocenters. The maximum absolute atomic E-state index is 13.8. The first kappa shape index (κ1) is 20.8. The van der Waals surface area contributed by atoms with E-state index in [-0.39, 0.29) is 35.4 Å². The van der Waals surface area contributed by atoms with Crippen molar-refractivity contribution in [3.63, 3.8) is 0 Å². The van der Waals surface area contributed by atoms with Gasteiger partial charge in [-0.25, -0.2) is 8.78 Å². The third-order valence-electron chi connectivity index (χ3n) is 4.25. The normalized spacial score (nSPS) is 15.4. The molecule has 6 nitrogen and oxygen atoms in total. The molecule has 2 N–H and O–H groups in total. The van der Waals surface area contributed by atoms with Gasteiger partial charge < -0.3 is 15.5 Å². The predicted octanol–water partition coefficient (Wildman–Crippen LogP) is 1.85. The van der Waals surface area contributed by atoms with Crippen LogP contribution in [0.2, 0.25) is 0 Å². The summed E-state index contributed by atoms with van der Waals surface area (Å²) in [5.41, 5.74) is -0.554. The van der Waals surface area contributed by atoms with E-state index in [0.29, 0.717) is 32.0 Å². The van der Waals surface area contributed by atoms with E-state index in [0.717, 1.165) is 12.1 Å². The molecule has 0 spiro atoms. The number of nitrogens with zero attached hydrogens (tertiary/aromatic N) is 1. The molecule has 0 aromatic heterocycles. The van der Waals surface area contributed by atoms with Crippen molar-refractivity contribution in [3.05, 3.63) is 35.4 Å². The zero-order valence-corrected chi connectivity index (χ0v) is 15.8. The highest BCUT2D eigenvalue weighted by Crippen LogP contribution is 2.20. The Labute approximate surface area is 157 Å². The molecule has 1 aliphatic heterocycles. The standard InChI is InChI=1S/C19H25F2N3O3/c1-19(2,3)23-16(25)11-22-17(26)12-6-8-24(9-7-12)18(27)14-5-4-13(20)10-15(14)21/h4-5,10,12H,6-9,11H2,1-3H3,(H,22,26)(H,23,25). The van der Waals surface area contributed by atoms with Crippen LogP contribution in [-0.2, 0) is 9.59 Å². The summed E-state index contributed by atoms with van der Waals surface area (Å²) in [6, 6.07) is 2.84. The lowest BCUT2D eigenvalue weighted by Gasteiger charge is -2.31. The van der Waals surface area contributed by atoms with Gasteiger partial charge in [0, 0.05) is 30.6 Å². The second-order valence-corrected chi connectivity index (χ2v) is 7.71. The van der Waals surface area contributed by atoms with Crippen LogP contribution >= 0.6 is 0 Å². The zero-order valence-electron chi connectivity index (χ0n) is 15.8. The number of piperidine rings is 1. The fourth-order valence-corrected chi connectivity index (χ4v) is 2.95. The Kier molecular flexibility index (Phi) is 6.51. The van der Waals surface area contributed by atoms with Crippen molar-refractivity contribution >= 4 is 17.7 Å². The highest BCUT2D eigenvalue weighted by molar-refractivity contribution is 5.94. The average molecular weight is 381 g/mol. The Hall–Kier alpha value is -2.51. The molecule has 1 aliphatic rings. The predicted molar refractivity (Wildman–Crippen MR) is 95.9 cm³/mol. The van der Waals surface area contributed by atoms with Crippen LogP contribution in [0.1, 0.15) is 44.0 Å². The highest BCUT2D eigenvalue weighted by atomic mass is 19.1. The molecular formula is C19H25F2N3O3. The van der Waals surface area contributed by atoms with Crippen LogP contribution in [0.5, 0.6) is 0 Å². The van der Waals surface area contributed by atoms with Crippen LogP contribution in [0.4, 0.5) is 8.78 Å². The summed E-state index contributed by atoms with van der Waals surface area (Å²) in [6.07, 6.45) is 0.836. The fraction of sp³-hybridized carbons (Fsp3) is 0.526. The van der Waals surface area contributed by atoms with Crippen molar-refractivity contribution in [1.82, 2.24) is 15.5 Å². The molecule has 1 aromatic carbocycles. The van der Waals surface area contributed by atoms with Gasteiger partial charge in [0.25, 0.3) is 5.91 Å². The minimum atomic E-state index is -0.898. The number of nitrogens with one attached hydrogen (secondary N) is 2. The van der Waals surface area contributed by atoms with E-state index in [1.165, 1.54) is 4.90 Å². The summed E-state index contributed by atoms with van der Waals surface area (Å²) >= 11 is 0. The van der Waals surface area contributed by atoms with Gasteiger partial charge in [0.15, 0.2) is 0 Å². The van der Waals surface area contributed by atoms with Crippen LogP contribution in [0.25, 0.3) is 0 Å². The number of halogens is 2. The molecule has 0 saturated carbocycles. The van der Waals surface area contributed by atoms with Crippen LogP contribution in [0, 0.1) is 17.6 Å². The van der Waals surface area contributed by atoms with Crippen molar-refractivity contribution in [2.24, 2.45) is 5.92 Å². The molecule has 1 saturated heterocycles. The van der Waals surface area contributed by atoms with Crippen molar-refractivity contribution in [2.75, 3.05) is 19.6 Å². The quantitative estimate of drug-likeness (QED) is 0.836. The van der Waals surface area contributed by atoms with Crippen LogP contribution in [0.15, 0.2) is 18.2 Å². The number of likely N-dealkylation sites (tertiary alicyclic amines) is 1. The summed E-state index contributed by atoms with van der Waals surface area (Å²) in [4.78, 5) is 37.8. The van der Waals surface area contributed by atoms with Crippen LogP contribution in [-0.4, -0.2) is 47.8 Å². The second kappa shape index (κ2) is 8.45. The Morgan fingerprint density at radius 2 is 1.78 bits per heavy atom. The van der Waals surface area contributed by atoms with Crippen molar-refractivity contribution in [1.29, 1.82) is 0 Å². The van der Waals surface area contributed by atoms with E-state index in [1.807, 2.05) is 20.8 Å². The van der Waals surface area contributed by atoms with E-state index in [9.17, 15) is 23.2 Å². The zero-order chi connectivity index (χ0) is 20.2. The number of hydrogen-bond acceptors (Lipinski definition) is 3. The highest BCUT2D eigenvalue weighted by Gasteiger charge is 2.29. The first-order chi connectivity index (χ1) is 12.6. The number of carbonyl (C=O) groups is 3. The van der Waals surface area contributed by atoms with E-state index >= 15 is 0 Å². The Morgan fingerprint density at radius 3 is 2.33 bits per heavy atom. The number of carbonyl (C=O) groups excluding carboxylic acids is 3.